The van der Waals surface area contributed by atoms with Crippen LogP contribution in [0, 0.1) is 0 Å². The van der Waals surface area contributed by atoms with E-state index in [9.17, 15) is 9.59 Å². The van der Waals surface area contributed by atoms with Gasteiger partial charge in [-0.25, -0.2) is 4.79 Å². The zero-order valence-corrected chi connectivity index (χ0v) is 13.3. The fraction of sp³-hybridized carbons (Fsp3) is 0.176. The number of anilines is 1. The van der Waals surface area contributed by atoms with Crippen LogP contribution in [0.25, 0.3) is 0 Å². The molecule has 2 amide bonds. The lowest BCUT2D eigenvalue weighted by molar-refractivity contribution is -0.117. The van der Waals surface area contributed by atoms with Crippen LogP contribution in [0.5, 0.6) is 17.2 Å². The highest BCUT2D eigenvalue weighted by molar-refractivity contribution is 5.96. The van der Waals surface area contributed by atoms with Crippen LogP contribution in [0.3, 0.4) is 0 Å². The smallest absolute Gasteiger partial charge is 0.405 e. The molecular weight excluding hydrogens is 312 g/mol. The molecule has 2 aromatic carbocycles. The summed E-state index contributed by atoms with van der Waals surface area (Å²) in [6.45, 7) is 1.46. The average molecular weight is 330 g/mol. The number of carboxylic acid groups (broad SMARTS) is 1. The van der Waals surface area contributed by atoms with Crippen molar-refractivity contribution in [1.29, 1.82) is 0 Å². The number of hydrogen-bond acceptors (Lipinski definition) is 4. The van der Waals surface area contributed by atoms with Gasteiger partial charge in [-0.3, -0.25) is 4.79 Å². The van der Waals surface area contributed by atoms with Gasteiger partial charge in [0.1, 0.15) is 23.3 Å². The summed E-state index contributed by atoms with van der Waals surface area (Å²) in [5.41, 5.74) is 0.539. The van der Waals surface area contributed by atoms with E-state index in [4.69, 9.17) is 14.6 Å². The van der Waals surface area contributed by atoms with Crippen molar-refractivity contribution in [2.24, 2.45) is 0 Å². The highest BCUT2D eigenvalue weighted by Crippen LogP contribution is 2.26. The Balaban J connectivity index is 1.97. The number of rotatable bonds is 6. The maximum absolute atomic E-state index is 11.8. The number of carbonyl (C=O) groups excluding carboxylic acids is 1. The van der Waals surface area contributed by atoms with Gasteiger partial charge < -0.3 is 25.2 Å². The summed E-state index contributed by atoms with van der Waals surface area (Å²) in [5.74, 6) is 1.47. The molecule has 2 aromatic rings. The molecular formula is C17H18N2O5. The lowest BCUT2D eigenvalue weighted by Crippen LogP contribution is -2.40. The minimum absolute atomic E-state index is 0.445. The molecule has 0 unspecified atom stereocenters. The van der Waals surface area contributed by atoms with Gasteiger partial charge >= 0.3 is 6.09 Å². The summed E-state index contributed by atoms with van der Waals surface area (Å²) >= 11 is 0. The SMILES string of the molecule is COc1cccc(Oc2ccc(NC(=O)[C@@H](C)NC(=O)O)cc2)c1. The molecule has 126 valence electrons. The third-order valence-electron chi connectivity index (χ3n) is 3.13. The summed E-state index contributed by atoms with van der Waals surface area (Å²) in [6.07, 6.45) is -1.25. The minimum atomic E-state index is -1.25. The van der Waals surface area contributed by atoms with Crippen molar-refractivity contribution in [2.75, 3.05) is 12.4 Å². The van der Waals surface area contributed by atoms with Gasteiger partial charge in [-0.1, -0.05) is 6.07 Å². The van der Waals surface area contributed by atoms with Crippen LogP contribution in [0.1, 0.15) is 6.92 Å². The number of benzene rings is 2. The summed E-state index contributed by atoms with van der Waals surface area (Å²) in [6, 6.07) is 13.1. The molecule has 0 aliphatic rings. The first-order valence-corrected chi connectivity index (χ1v) is 7.20. The third-order valence-corrected chi connectivity index (χ3v) is 3.13. The zero-order chi connectivity index (χ0) is 17.5. The maximum atomic E-state index is 11.8. The van der Waals surface area contributed by atoms with E-state index in [1.807, 2.05) is 12.1 Å². The Labute approximate surface area is 139 Å². The van der Waals surface area contributed by atoms with E-state index >= 15 is 0 Å². The summed E-state index contributed by atoms with van der Waals surface area (Å²) < 4.78 is 10.8. The maximum Gasteiger partial charge on any atom is 0.405 e. The predicted molar refractivity (Wildman–Crippen MR) is 88.8 cm³/mol. The van der Waals surface area contributed by atoms with Crippen LogP contribution < -0.4 is 20.1 Å². The number of nitrogens with one attached hydrogen (secondary N) is 2. The normalized spacial score (nSPS) is 11.2. The number of amides is 2. The van der Waals surface area contributed by atoms with E-state index in [0.717, 1.165) is 0 Å². The van der Waals surface area contributed by atoms with Gasteiger partial charge in [0, 0.05) is 11.8 Å². The predicted octanol–water partition coefficient (Wildman–Crippen LogP) is 3.08. The highest BCUT2D eigenvalue weighted by Gasteiger charge is 2.14. The molecule has 0 aromatic heterocycles. The van der Waals surface area contributed by atoms with Crippen molar-refractivity contribution in [3.05, 3.63) is 48.5 Å². The van der Waals surface area contributed by atoms with Gasteiger partial charge in [0.05, 0.1) is 7.11 Å². The topological polar surface area (TPSA) is 96.9 Å². The number of methoxy groups -OCH3 is 1. The summed E-state index contributed by atoms with van der Waals surface area (Å²) in [5, 5.41) is 13.3. The van der Waals surface area contributed by atoms with E-state index < -0.39 is 18.0 Å². The summed E-state index contributed by atoms with van der Waals surface area (Å²) in [4.78, 5) is 22.3. The zero-order valence-electron chi connectivity index (χ0n) is 13.3. The standard InChI is InChI=1S/C17H18N2O5/c1-11(18-17(21)22)16(20)19-12-6-8-13(9-7-12)24-15-5-3-4-14(10-15)23-2/h3-11,18H,1-2H3,(H,19,20)(H,21,22)/t11-/m1/s1. The fourth-order valence-electron chi connectivity index (χ4n) is 1.91. The Morgan fingerprint density at radius 3 is 2.33 bits per heavy atom. The highest BCUT2D eigenvalue weighted by atomic mass is 16.5. The van der Waals surface area contributed by atoms with Gasteiger partial charge in [-0.05, 0) is 43.3 Å². The molecule has 0 heterocycles. The molecule has 0 spiro atoms. The Morgan fingerprint density at radius 1 is 1.04 bits per heavy atom. The molecule has 0 bridgehead atoms. The molecule has 0 aliphatic carbocycles. The van der Waals surface area contributed by atoms with Crippen LogP contribution in [0.4, 0.5) is 10.5 Å². The second-order valence-corrected chi connectivity index (χ2v) is 4.97. The molecule has 1 atom stereocenters. The number of carbonyl (C=O) groups is 2. The van der Waals surface area contributed by atoms with Gasteiger partial charge in [-0.15, -0.1) is 0 Å². The molecule has 24 heavy (non-hydrogen) atoms. The van der Waals surface area contributed by atoms with E-state index in [2.05, 4.69) is 10.6 Å². The minimum Gasteiger partial charge on any atom is -0.497 e. The van der Waals surface area contributed by atoms with E-state index in [0.29, 0.717) is 22.9 Å². The lowest BCUT2D eigenvalue weighted by atomic mass is 10.2. The Kier molecular flexibility index (Phi) is 5.62. The lowest BCUT2D eigenvalue weighted by Gasteiger charge is -2.12. The van der Waals surface area contributed by atoms with E-state index in [1.165, 1.54) is 6.92 Å². The molecule has 0 saturated heterocycles. The number of hydrogen-bond donors (Lipinski definition) is 3. The van der Waals surface area contributed by atoms with Crippen LogP contribution >= 0.6 is 0 Å². The molecule has 7 nitrogen and oxygen atoms in total. The first-order valence-electron chi connectivity index (χ1n) is 7.20. The molecule has 0 saturated carbocycles. The second-order valence-electron chi connectivity index (χ2n) is 4.97. The Morgan fingerprint density at radius 2 is 1.71 bits per heavy atom. The molecule has 0 aliphatic heterocycles. The summed E-state index contributed by atoms with van der Waals surface area (Å²) in [7, 11) is 1.58. The van der Waals surface area contributed by atoms with Gasteiger partial charge in [0.2, 0.25) is 5.91 Å². The monoisotopic (exact) mass is 330 g/mol. The van der Waals surface area contributed by atoms with Crippen LogP contribution in [-0.2, 0) is 4.79 Å². The first-order chi connectivity index (χ1) is 11.5. The molecule has 7 heteroatoms. The van der Waals surface area contributed by atoms with Crippen LogP contribution in [0.15, 0.2) is 48.5 Å². The van der Waals surface area contributed by atoms with Crippen molar-refractivity contribution in [2.45, 2.75) is 13.0 Å². The van der Waals surface area contributed by atoms with Crippen molar-refractivity contribution >= 4 is 17.7 Å². The number of ether oxygens (including phenoxy) is 2. The molecule has 3 N–H and O–H groups in total. The Hall–Kier alpha value is -3.22. The molecule has 2 rings (SSSR count). The largest absolute Gasteiger partial charge is 0.497 e. The first kappa shape index (κ1) is 17.1. The average Bonchev–Trinajstić information content (AvgIpc) is 2.56. The van der Waals surface area contributed by atoms with E-state index in [1.54, 1.807) is 43.5 Å². The second kappa shape index (κ2) is 7.87. The molecule has 0 radical (unpaired) electrons. The van der Waals surface area contributed by atoms with Gasteiger partial charge in [-0.2, -0.15) is 0 Å². The van der Waals surface area contributed by atoms with Gasteiger partial charge in [0.25, 0.3) is 0 Å². The molecule has 0 fully saturated rings. The van der Waals surface area contributed by atoms with Crippen molar-refractivity contribution in [1.82, 2.24) is 5.32 Å². The van der Waals surface area contributed by atoms with Gasteiger partial charge in [0.15, 0.2) is 0 Å². The van der Waals surface area contributed by atoms with Crippen LogP contribution in [-0.4, -0.2) is 30.3 Å². The Bertz CT molecular complexity index is 715. The van der Waals surface area contributed by atoms with Crippen LogP contribution in [0.2, 0.25) is 0 Å². The quantitative estimate of drug-likeness (QED) is 0.756. The van der Waals surface area contributed by atoms with Crippen molar-refractivity contribution in [3.63, 3.8) is 0 Å². The fourth-order valence-corrected chi connectivity index (χ4v) is 1.91. The third kappa shape index (κ3) is 4.91. The van der Waals surface area contributed by atoms with Crippen molar-refractivity contribution < 1.29 is 24.2 Å². The van der Waals surface area contributed by atoms with E-state index in [-0.39, 0.29) is 0 Å². The van der Waals surface area contributed by atoms with Crippen molar-refractivity contribution in [3.8, 4) is 17.2 Å².